The maximum atomic E-state index is 10.4. The van der Waals surface area contributed by atoms with Gasteiger partial charge in [-0.15, -0.1) is 0 Å². The first-order valence-corrected chi connectivity index (χ1v) is 4.35. The first-order chi connectivity index (χ1) is 6.65. The summed E-state index contributed by atoms with van der Waals surface area (Å²) in [7, 11) is 0. The number of fused-ring (bicyclic) bond motifs is 1. The van der Waals surface area contributed by atoms with Gasteiger partial charge in [0.2, 0.25) is 0 Å². The van der Waals surface area contributed by atoms with Gasteiger partial charge in [-0.2, -0.15) is 0 Å². The van der Waals surface area contributed by atoms with Crippen molar-refractivity contribution in [3.63, 3.8) is 0 Å². The Morgan fingerprint density at radius 2 is 2.36 bits per heavy atom. The lowest BCUT2D eigenvalue weighted by molar-refractivity contribution is -0.138. The fourth-order valence-corrected chi connectivity index (χ4v) is 1.62. The number of aliphatic carboxylic acids is 1. The largest absolute Gasteiger partial charge is 0.508 e. The number of ether oxygens (including phenoxy) is 1. The van der Waals surface area contributed by atoms with Crippen LogP contribution in [0.4, 0.5) is 0 Å². The van der Waals surface area contributed by atoms with E-state index < -0.39 is 5.97 Å². The second-order valence-corrected chi connectivity index (χ2v) is 3.33. The van der Waals surface area contributed by atoms with E-state index in [0.29, 0.717) is 12.2 Å². The zero-order valence-corrected chi connectivity index (χ0v) is 7.43. The van der Waals surface area contributed by atoms with Crippen molar-refractivity contribution in [2.24, 2.45) is 0 Å². The average Bonchev–Trinajstić information content (AvgIpc) is 2.44. The molecular weight excluding hydrogens is 184 g/mol. The monoisotopic (exact) mass is 194 g/mol. The molecule has 1 aliphatic heterocycles. The van der Waals surface area contributed by atoms with Gasteiger partial charge >= 0.3 is 5.97 Å². The van der Waals surface area contributed by atoms with Crippen LogP contribution in [0.25, 0.3) is 0 Å². The molecule has 0 spiro atoms. The molecule has 14 heavy (non-hydrogen) atoms. The second kappa shape index (κ2) is 3.21. The molecule has 4 heteroatoms. The Hall–Kier alpha value is -1.71. The van der Waals surface area contributed by atoms with E-state index >= 15 is 0 Å². The highest BCUT2D eigenvalue weighted by atomic mass is 16.5. The van der Waals surface area contributed by atoms with Crippen molar-refractivity contribution in [2.75, 3.05) is 0 Å². The quantitative estimate of drug-likeness (QED) is 0.741. The molecule has 0 radical (unpaired) electrons. The minimum Gasteiger partial charge on any atom is -0.508 e. The lowest BCUT2D eigenvalue weighted by Crippen LogP contribution is -2.17. The van der Waals surface area contributed by atoms with Crippen LogP contribution in [0.15, 0.2) is 18.2 Å². The predicted octanol–water partition coefficient (Wildman–Crippen LogP) is 1.17. The number of carboxylic acids is 1. The fraction of sp³-hybridized carbons (Fsp3) is 0.300. The molecule has 0 unspecified atom stereocenters. The Kier molecular flexibility index (Phi) is 2.04. The third kappa shape index (κ3) is 1.64. The van der Waals surface area contributed by atoms with E-state index in [0.717, 1.165) is 5.56 Å². The van der Waals surface area contributed by atoms with Gasteiger partial charge < -0.3 is 14.9 Å². The molecule has 0 amide bonds. The summed E-state index contributed by atoms with van der Waals surface area (Å²) in [5, 5.41) is 17.8. The van der Waals surface area contributed by atoms with Crippen LogP contribution in [-0.4, -0.2) is 22.3 Å². The highest BCUT2D eigenvalue weighted by molar-refractivity contribution is 5.67. The van der Waals surface area contributed by atoms with Gasteiger partial charge in [-0.25, -0.2) is 0 Å². The Labute approximate surface area is 80.7 Å². The van der Waals surface area contributed by atoms with E-state index in [1.807, 2.05) is 0 Å². The van der Waals surface area contributed by atoms with E-state index in [2.05, 4.69) is 0 Å². The third-order valence-electron chi connectivity index (χ3n) is 2.19. The van der Waals surface area contributed by atoms with E-state index in [1.54, 1.807) is 12.1 Å². The summed E-state index contributed by atoms with van der Waals surface area (Å²) in [6.07, 6.45) is 0.246. The lowest BCUT2D eigenvalue weighted by atomic mass is 10.1. The van der Waals surface area contributed by atoms with Crippen LogP contribution in [-0.2, 0) is 11.2 Å². The van der Waals surface area contributed by atoms with E-state index in [-0.39, 0.29) is 18.3 Å². The van der Waals surface area contributed by atoms with Crippen molar-refractivity contribution in [1.82, 2.24) is 0 Å². The topological polar surface area (TPSA) is 66.8 Å². The number of benzene rings is 1. The zero-order chi connectivity index (χ0) is 10.1. The summed E-state index contributed by atoms with van der Waals surface area (Å²) in [6, 6.07) is 4.80. The maximum absolute atomic E-state index is 10.4. The average molecular weight is 194 g/mol. The second-order valence-electron chi connectivity index (χ2n) is 3.33. The summed E-state index contributed by atoms with van der Waals surface area (Å²) in [6.45, 7) is 0. The van der Waals surface area contributed by atoms with Crippen LogP contribution in [0.3, 0.4) is 0 Å². The van der Waals surface area contributed by atoms with E-state index in [1.165, 1.54) is 6.07 Å². The molecule has 0 saturated carbocycles. The summed E-state index contributed by atoms with van der Waals surface area (Å²) in [5.41, 5.74) is 0.872. The van der Waals surface area contributed by atoms with Crippen LogP contribution in [0, 0.1) is 0 Å². The number of aromatic hydroxyl groups is 1. The number of rotatable bonds is 2. The van der Waals surface area contributed by atoms with E-state index in [4.69, 9.17) is 9.84 Å². The van der Waals surface area contributed by atoms with Crippen molar-refractivity contribution >= 4 is 5.97 Å². The SMILES string of the molecule is O=C(O)C[C@@H]1Cc2cc(O)ccc2O1. The summed E-state index contributed by atoms with van der Waals surface area (Å²) >= 11 is 0. The number of carboxylic acid groups (broad SMARTS) is 1. The molecule has 0 saturated heterocycles. The Morgan fingerprint density at radius 1 is 1.57 bits per heavy atom. The summed E-state index contributed by atoms with van der Waals surface area (Å²) in [4.78, 5) is 10.4. The van der Waals surface area contributed by atoms with Gasteiger partial charge in [0.05, 0.1) is 6.42 Å². The highest BCUT2D eigenvalue weighted by Gasteiger charge is 2.24. The molecule has 1 aromatic carbocycles. The van der Waals surface area contributed by atoms with Gasteiger partial charge in [0.25, 0.3) is 0 Å². The first kappa shape index (κ1) is 8.87. The molecule has 1 aromatic rings. The van der Waals surface area contributed by atoms with Crippen molar-refractivity contribution in [2.45, 2.75) is 18.9 Å². The van der Waals surface area contributed by atoms with Crippen LogP contribution in [0.2, 0.25) is 0 Å². The Bertz CT molecular complexity index is 372. The minimum atomic E-state index is -0.868. The number of phenolic OH excluding ortho intramolecular Hbond substituents is 1. The smallest absolute Gasteiger partial charge is 0.307 e. The molecule has 1 atom stereocenters. The fourth-order valence-electron chi connectivity index (χ4n) is 1.62. The van der Waals surface area contributed by atoms with E-state index in [9.17, 15) is 9.90 Å². The van der Waals surface area contributed by atoms with Crippen molar-refractivity contribution in [3.05, 3.63) is 23.8 Å². The predicted molar refractivity (Wildman–Crippen MR) is 48.5 cm³/mol. The number of phenols is 1. The summed E-state index contributed by atoms with van der Waals surface area (Å²) < 4.78 is 5.38. The van der Waals surface area contributed by atoms with Crippen LogP contribution in [0.5, 0.6) is 11.5 Å². The number of hydrogen-bond acceptors (Lipinski definition) is 3. The standard InChI is InChI=1S/C10H10O4/c11-7-1-2-9-6(3-7)4-8(14-9)5-10(12)13/h1-3,8,11H,4-5H2,(H,12,13)/t8-/m0/s1. The number of hydrogen-bond donors (Lipinski definition) is 2. The third-order valence-corrected chi connectivity index (χ3v) is 2.19. The zero-order valence-electron chi connectivity index (χ0n) is 7.43. The maximum Gasteiger partial charge on any atom is 0.307 e. The molecular formula is C10H10O4. The molecule has 2 N–H and O–H groups in total. The van der Waals surface area contributed by atoms with Crippen molar-refractivity contribution in [3.8, 4) is 11.5 Å². The van der Waals surface area contributed by atoms with Crippen LogP contribution in [0.1, 0.15) is 12.0 Å². The van der Waals surface area contributed by atoms with Crippen LogP contribution >= 0.6 is 0 Å². The Morgan fingerprint density at radius 3 is 3.07 bits per heavy atom. The molecule has 1 heterocycles. The normalized spacial score (nSPS) is 18.7. The minimum absolute atomic E-state index is 0.00452. The van der Waals surface area contributed by atoms with Crippen molar-refractivity contribution < 1.29 is 19.7 Å². The molecule has 2 rings (SSSR count). The summed E-state index contributed by atoms with van der Waals surface area (Å²) in [5.74, 6) is -0.00981. The molecule has 0 fully saturated rings. The van der Waals surface area contributed by atoms with Crippen molar-refractivity contribution in [1.29, 1.82) is 0 Å². The Balaban J connectivity index is 2.14. The molecule has 74 valence electrons. The molecule has 0 aromatic heterocycles. The molecule has 4 nitrogen and oxygen atoms in total. The lowest BCUT2D eigenvalue weighted by Gasteiger charge is -2.06. The van der Waals surface area contributed by atoms with Gasteiger partial charge in [-0.05, 0) is 18.2 Å². The van der Waals surface area contributed by atoms with Gasteiger partial charge in [-0.1, -0.05) is 0 Å². The molecule has 0 aliphatic carbocycles. The van der Waals surface area contributed by atoms with Gasteiger partial charge in [0.1, 0.15) is 17.6 Å². The van der Waals surface area contributed by atoms with Gasteiger partial charge in [-0.3, -0.25) is 4.79 Å². The highest BCUT2D eigenvalue weighted by Crippen LogP contribution is 2.32. The number of carbonyl (C=O) groups is 1. The van der Waals surface area contributed by atoms with Crippen LogP contribution < -0.4 is 4.74 Å². The van der Waals surface area contributed by atoms with Gasteiger partial charge in [0, 0.05) is 12.0 Å². The first-order valence-electron chi connectivity index (χ1n) is 4.35. The molecule has 0 bridgehead atoms. The van der Waals surface area contributed by atoms with Gasteiger partial charge in [0.15, 0.2) is 0 Å². The molecule has 1 aliphatic rings.